The van der Waals surface area contributed by atoms with Gasteiger partial charge in [0.15, 0.2) is 5.58 Å². The van der Waals surface area contributed by atoms with Gasteiger partial charge in [0.05, 0.1) is 11.1 Å². The zero-order valence-corrected chi connectivity index (χ0v) is 11.4. The Kier molecular flexibility index (Phi) is 2.60. The molecule has 1 fully saturated rings. The summed E-state index contributed by atoms with van der Waals surface area (Å²) in [6.07, 6.45) is 1.34. The zero-order chi connectivity index (χ0) is 14.4. The second-order valence-electron chi connectivity index (χ2n) is 5.53. The fraction of sp³-hybridized carbons (Fsp3) is 0.250. The number of nitrogens with zero attached hydrogens (tertiary/aromatic N) is 1. The third-order valence-electron chi connectivity index (χ3n) is 4.16. The maximum absolute atomic E-state index is 11.3. The lowest BCUT2D eigenvalue weighted by Gasteiger charge is -2.20. The molecule has 0 bridgehead atoms. The summed E-state index contributed by atoms with van der Waals surface area (Å²) in [5, 5.41) is 10.4. The molecule has 21 heavy (non-hydrogen) atoms. The largest absolute Gasteiger partial charge is 0.399 e. The highest BCUT2D eigenvalue weighted by atomic mass is 16.5. The Morgan fingerprint density at radius 2 is 2.19 bits per heavy atom. The van der Waals surface area contributed by atoms with Crippen molar-refractivity contribution >= 4 is 33.3 Å². The number of nitrogens with one attached hydrogen (secondary N) is 1. The molecule has 106 valence electrons. The minimum atomic E-state index is 0.108. The minimum absolute atomic E-state index is 0.108. The Morgan fingerprint density at radius 1 is 1.29 bits per heavy atom. The van der Waals surface area contributed by atoms with Gasteiger partial charge in [-0.2, -0.15) is 0 Å². The number of amides is 1. The van der Waals surface area contributed by atoms with E-state index < -0.39 is 0 Å². The first-order valence-corrected chi connectivity index (χ1v) is 7.06. The molecule has 1 aromatic heterocycles. The molecule has 0 saturated carbocycles. The molecular weight excluding hydrogens is 266 g/mol. The molecule has 1 aliphatic rings. The Bertz CT molecular complexity index is 843. The number of carbonyl (C=O) groups is 1. The Labute approximate surface area is 121 Å². The van der Waals surface area contributed by atoms with E-state index in [1.807, 2.05) is 30.3 Å². The first-order valence-electron chi connectivity index (χ1n) is 7.06. The van der Waals surface area contributed by atoms with E-state index in [0.717, 1.165) is 39.5 Å². The number of nitrogen functional groups attached to an aromatic ring is 1. The molecule has 4 rings (SSSR count). The average Bonchev–Trinajstić information content (AvgIpc) is 2.92. The lowest BCUT2D eigenvalue weighted by atomic mass is 9.92. The summed E-state index contributed by atoms with van der Waals surface area (Å²) >= 11 is 0. The number of piperidine rings is 1. The highest BCUT2D eigenvalue weighted by Gasteiger charge is 2.25. The second kappa shape index (κ2) is 4.48. The van der Waals surface area contributed by atoms with Crippen molar-refractivity contribution in [2.45, 2.75) is 18.8 Å². The molecule has 5 nitrogen and oxygen atoms in total. The van der Waals surface area contributed by atoms with E-state index in [4.69, 9.17) is 10.3 Å². The van der Waals surface area contributed by atoms with Crippen LogP contribution in [0, 0.1) is 0 Å². The van der Waals surface area contributed by atoms with Crippen LogP contribution in [0.3, 0.4) is 0 Å². The van der Waals surface area contributed by atoms with Gasteiger partial charge in [0.25, 0.3) is 0 Å². The topological polar surface area (TPSA) is 81.2 Å². The van der Waals surface area contributed by atoms with Gasteiger partial charge in [-0.15, -0.1) is 0 Å². The van der Waals surface area contributed by atoms with Gasteiger partial charge in [-0.1, -0.05) is 17.3 Å². The van der Waals surface area contributed by atoms with Gasteiger partial charge in [-0.05, 0) is 35.4 Å². The van der Waals surface area contributed by atoms with Crippen LogP contribution in [0.5, 0.6) is 0 Å². The van der Waals surface area contributed by atoms with Crippen molar-refractivity contribution in [3.05, 3.63) is 36.0 Å². The molecule has 1 aliphatic heterocycles. The number of anilines is 1. The van der Waals surface area contributed by atoms with Crippen molar-refractivity contribution in [1.29, 1.82) is 0 Å². The van der Waals surface area contributed by atoms with E-state index in [1.165, 1.54) is 0 Å². The SMILES string of the molecule is Nc1ccc2c(ccc3onc(C4CCC(=O)NC4)c32)c1. The standard InChI is InChI=1S/C16H15N3O2/c17-11-3-4-12-9(7-11)1-5-13-15(12)16(19-21-13)10-2-6-14(20)18-8-10/h1,3-5,7,10H,2,6,8,17H2,(H,18,20). The van der Waals surface area contributed by atoms with E-state index >= 15 is 0 Å². The van der Waals surface area contributed by atoms with E-state index in [1.54, 1.807) is 0 Å². The van der Waals surface area contributed by atoms with Crippen molar-refractivity contribution in [1.82, 2.24) is 10.5 Å². The molecule has 0 radical (unpaired) electrons. The average molecular weight is 281 g/mol. The molecule has 3 N–H and O–H groups in total. The van der Waals surface area contributed by atoms with Crippen molar-refractivity contribution in [3.8, 4) is 0 Å². The smallest absolute Gasteiger partial charge is 0.220 e. The number of benzene rings is 2. The lowest BCUT2D eigenvalue weighted by Crippen LogP contribution is -2.33. The Hall–Kier alpha value is -2.56. The molecule has 2 heterocycles. The first kappa shape index (κ1) is 12.2. The van der Waals surface area contributed by atoms with Gasteiger partial charge in [0, 0.05) is 24.6 Å². The molecule has 2 aromatic carbocycles. The number of hydrogen-bond donors (Lipinski definition) is 2. The predicted octanol–water partition coefficient (Wildman–Crippen LogP) is 2.56. The fourth-order valence-electron chi connectivity index (χ4n) is 3.06. The maximum Gasteiger partial charge on any atom is 0.220 e. The summed E-state index contributed by atoms with van der Waals surface area (Å²) in [7, 11) is 0. The fourth-order valence-corrected chi connectivity index (χ4v) is 3.06. The number of carbonyl (C=O) groups excluding carboxylic acids is 1. The Morgan fingerprint density at radius 3 is 3.00 bits per heavy atom. The number of rotatable bonds is 1. The molecule has 0 spiro atoms. The number of nitrogens with two attached hydrogens (primary N) is 1. The van der Waals surface area contributed by atoms with Crippen LogP contribution in [0.2, 0.25) is 0 Å². The molecule has 5 heteroatoms. The van der Waals surface area contributed by atoms with Crippen molar-refractivity contribution in [3.63, 3.8) is 0 Å². The van der Waals surface area contributed by atoms with Crippen LogP contribution in [-0.2, 0) is 4.79 Å². The molecule has 1 saturated heterocycles. The third-order valence-corrected chi connectivity index (χ3v) is 4.16. The van der Waals surface area contributed by atoms with Crippen molar-refractivity contribution in [2.24, 2.45) is 0 Å². The van der Waals surface area contributed by atoms with Crippen LogP contribution < -0.4 is 11.1 Å². The summed E-state index contributed by atoms with van der Waals surface area (Å²) in [4.78, 5) is 11.3. The minimum Gasteiger partial charge on any atom is -0.399 e. The molecule has 0 aliphatic carbocycles. The molecule has 3 aromatic rings. The van der Waals surface area contributed by atoms with Gasteiger partial charge < -0.3 is 15.6 Å². The Balaban J connectivity index is 1.91. The quantitative estimate of drug-likeness (QED) is 0.672. The number of hydrogen-bond acceptors (Lipinski definition) is 4. The van der Waals surface area contributed by atoms with Crippen LogP contribution >= 0.6 is 0 Å². The normalized spacial score (nSPS) is 19.0. The van der Waals surface area contributed by atoms with Crippen LogP contribution in [0.1, 0.15) is 24.5 Å². The zero-order valence-electron chi connectivity index (χ0n) is 11.4. The van der Waals surface area contributed by atoms with Crippen LogP contribution in [-0.4, -0.2) is 17.6 Å². The molecule has 1 unspecified atom stereocenters. The van der Waals surface area contributed by atoms with E-state index in [2.05, 4.69) is 10.5 Å². The lowest BCUT2D eigenvalue weighted by molar-refractivity contribution is -0.122. The number of aromatic nitrogens is 1. The molecule has 1 atom stereocenters. The summed E-state index contributed by atoms with van der Waals surface area (Å²) in [6.45, 7) is 0.617. The van der Waals surface area contributed by atoms with Gasteiger partial charge in [-0.25, -0.2) is 0 Å². The number of fused-ring (bicyclic) bond motifs is 3. The highest BCUT2D eigenvalue weighted by molar-refractivity contribution is 6.07. The highest BCUT2D eigenvalue weighted by Crippen LogP contribution is 2.35. The first-order chi connectivity index (χ1) is 10.2. The van der Waals surface area contributed by atoms with E-state index in [0.29, 0.717) is 13.0 Å². The third kappa shape index (κ3) is 1.93. The van der Waals surface area contributed by atoms with Crippen LogP contribution in [0.25, 0.3) is 21.7 Å². The summed E-state index contributed by atoms with van der Waals surface area (Å²) in [6, 6.07) is 9.77. The summed E-state index contributed by atoms with van der Waals surface area (Å²) in [5.74, 6) is 0.309. The van der Waals surface area contributed by atoms with Crippen LogP contribution in [0.15, 0.2) is 34.9 Å². The van der Waals surface area contributed by atoms with Crippen molar-refractivity contribution < 1.29 is 9.32 Å². The molecular formula is C16H15N3O2. The monoisotopic (exact) mass is 281 g/mol. The maximum atomic E-state index is 11.3. The van der Waals surface area contributed by atoms with Crippen LogP contribution in [0.4, 0.5) is 5.69 Å². The van der Waals surface area contributed by atoms with E-state index in [9.17, 15) is 4.79 Å². The van der Waals surface area contributed by atoms with Gasteiger partial charge >= 0.3 is 0 Å². The molecule has 1 amide bonds. The van der Waals surface area contributed by atoms with Gasteiger partial charge in [0.1, 0.15) is 0 Å². The summed E-state index contributed by atoms with van der Waals surface area (Å²) in [5.41, 5.74) is 8.30. The van der Waals surface area contributed by atoms with Gasteiger partial charge in [0.2, 0.25) is 5.91 Å². The van der Waals surface area contributed by atoms with Crippen molar-refractivity contribution in [2.75, 3.05) is 12.3 Å². The van der Waals surface area contributed by atoms with Gasteiger partial charge in [-0.3, -0.25) is 4.79 Å². The summed E-state index contributed by atoms with van der Waals surface area (Å²) < 4.78 is 5.47. The predicted molar refractivity (Wildman–Crippen MR) is 80.9 cm³/mol. The van der Waals surface area contributed by atoms with E-state index in [-0.39, 0.29) is 11.8 Å². The second-order valence-corrected chi connectivity index (χ2v) is 5.53.